The minimum Gasteiger partial charge on any atom is -0.436 e. The Balaban J connectivity index is 1.93. The summed E-state index contributed by atoms with van der Waals surface area (Å²) in [5, 5.41) is 20.5. The molecule has 2 N–H and O–H groups in total. The first kappa shape index (κ1) is 17.2. The summed E-state index contributed by atoms with van der Waals surface area (Å²) in [7, 11) is 0. The third-order valence-corrected chi connectivity index (χ3v) is 4.72. The lowest BCUT2D eigenvalue weighted by Crippen LogP contribution is -2.32. The predicted octanol–water partition coefficient (Wildman–Crippen LogP) is 2.74. The summed E-state index contributed by atoms with van der Waals surface area (Å²) in [4.78, 5) is 36.4. The van der Waals surface area contributed by atoms with E-state index in [9.17, 15) is 25.0 Å². The lowest BCUT2D eigenvalue weighted by Gasteiger charge is -2.30. The number of nitro benzene ring substituents is 1. The van der Waals surface area contributed by atoms with Crippen LogP contribution in [-0.4, -0.2) is 16.5 Å². The van der Waals surface area contributed by atoms with Gasteiger partial charge in [0.05, 0.1) is 16.4 Å². The van der Waals surface area contributed by atoms with E-state index in [4.69, 9.17) is 10.5 Å². The van der Waals surface area contributed by atoms with Crippen LogP contribution in [0.15, 0.2) is 71.3 Å². The van der Waals surface area contributed by atoms with Crippen molar-refractivity contribution in [2.24, 2.45) is 5.73 Å². The molecule has 136 valence electrons. The number of carbonyl (C=O) groups is 2. The first-order chi connectivity index (χ1) is 13.4. The van der Waals surface area contributed by atoms with Gasteiger partial charge in [-0.2, -0.15) is 5.26 Å². The van der Waals surface area contributed by atoms with Crippen LogP contribution in [0, 0.1) is 21.4 Å². The van der Waals surface area contributed by atoms with E-state index in [1.165, 1.54) is 36.4 Å². The van der Waals surface area contributed by atoms with Crippen LogP contribution in [0.1, 0.15) is 32.2 Å². The summed E-state index contributed by atoms with van der Waals surface area (Å²) in [6.45, 7) is 0. The number of benzene rings is 2. The molecule has 2 aromatic rings. The first-order valence-electron chi connectivity index (χ1n) is 8.18. The molecule has 0 aromatic heterocycles. The second kappa shape index (κ2) is 6.17. The summed E-state index contributed by atoms with van der Waals surface area (Å²) >= 11 is 0. The highest BCUT2D eigenvalue weighted by molar-refractivity contribution is 6.27. The summed E-state index contributed by atoms with van der Waals surface area (Å²) in [5.41, 5.74) is 6.51. The van der Waals surface area contributed by atoms with Crippen molar-refractivity contribution in [1.82, 2.24) is 0 Å². The van der Waals surface area contributed by atoms with E-state index in [2.05, 4.69) is 0 Å². The Morgan fingerprint density at radius 2 is 1.64 bits per heavy atom. The van der Waals surface area contributed by atoms with Crippen LogP contribution in [0.5, 0.6) is 0 Å². The van der Waals surface area contributed by atoms with Crippen molar-refractivity contribution in [3.8, 4) is 6.07 Å². The molecule has 0 fully saturated rings. The number of hydrogen-bond donors (Lipinski definition) is 1. The van der Waals surface area contributed by atoms with Gasteiger partial charge in [0.15, 0.2) is 11.5 Å². The molecular weight excluding hydrogens is 362 g/mol. The molecule has 2 aliphatic rings. The lowest BCUT2D eigenvalue weighted by atomic mass is 9.75. The number of ketones is 2. The summed E-state index contributed by atoms with van der Waals surface area (Å²) in [6, 6.07) is 13.6. The average molecular weight is 373 g/mol. The molecule has 0 amide bonds. The molecule has 28 heavy (non-hydrogen) atoms. The molecular formula is C20H11N3O5. The van der Waals surface area contributed by atoms with Crippen molar-refractivity contribution < 1.29 is 19.2 Å². The van der Waals surface area contributed by atoms with E-state index < -0.39 is 22.4 Å². The maximum absolute atomic E-state index is 13.2. The molecule has 8 heteroatoms. The van der Waals surface area contributed by atoms with Gasteiger partial charge < -0.3 is 10.5 Å². The molecule has 1 aliphatic carbocycles. The Morgan fingerprint density at radius 1 is 1.04 bits per heavy atom. The Hall–Kier alpha value is -4.25. The number of nitrogens with two attached hydrogens (primary N) is 1. The Labute approximate surface area is 158 Å². The van der Waals surface area contributed by atoms with Gasteiger partial charge in [-0.05, 0) is 5.56 Å². The molecule has 4 rings (SSSR count). The number of hydrogen-bond acceptors (Lipinski definition) is 7. The van der Waals surface area contributed by atoms with Crippen molar-refractivity contribution in [2.45, 2.75) is 5.92 Å². The third-order valence-electron chi connectivity index (χ3n) is 4.72. The number of ether oxygens (including phenoxy) is 1. The number of non-ortho nitro benzene ring substituents is 1. The second-order valence-electron chi connectivity index (χ2n) is 6.22. The highest BCUT2D eigenvalue weighted by atomic mass is 16.6. The topological polar surface area (TPSA) is 136 Å². The normalized spacial score (nSPS) is 18.2. The Kier molecular flexibility index (Phi) is 3.79. The first-order valence-corrected chi connectivity index (χ1v) is 8.18. The molecule has 1 aliphatic heterocycles. The van der Waals surface area contributed by atoms with Gasteiger partial charge in [0.2, 0.25) is 11.7 Å². The van der Waals surface area contributed by atoms with E-state index >= 15 is 0 Å². The molecule has 0 radical (unpaired) electrons. The fourth-order valence-electron chi connectivity index (χ4n) is 3.43. The van der Waals surface area contributed by atoms with Crippen LogP contribution in [-0.2, 0) is 4.74 Å². The van der Waals surface area contributed by atoms with Gasteiger partial charge >= 0.3 is 0 Å². The molecule has 8 nitrogen and oxygen atoms in total. The van der Waals surface area contributed by atoms with Crippen LogP contribution in [0.25, 0.3) is 0 Å². The summed E-state index contributed by atoms with van der Waals surface area (Å²) < 4.78 is 5.38. The summed E-state index contributed by atoms with van der Waals surface area (Å²) in [6.07, 6.45) is 0. The molecule has 0 bridgehead atoms. The average Bonchev–Trinajstić information content (AvgIpc) is 2.71. The van der Waals surface area contributed by atoms with Gasteiger partial charge in [0, 0.05) is 23.3 Å². The number of nitro groups is 1. The molecule has 1 heterocycles. The lowest BCUT2D eigenvalue weighted by molar-refractivity contribution is -0.384. The fourth-order valence-corrected chi connectivity index (χ4v) is 3.43. The largest absolute Gasteiger partial charge is 0.436 e. The monoisotopic (exact) mass is 373 g/mol. The molecule has 0 saturated carbocycles. The quantitative estimate of drug-likeness (QED) is 0.631. The SMILES string of the molecule is N#CC1=C(N)OC2=C(C(=O)c3ccccc3C2=O)C1c1ccc([N+](=O)[O-])cc1. The molecule has 2 aromatic carbocycles. The van der Waals surface area contributed by atoms with Gasteiger partial charge in [-0.25, -0.2) is 0 Å². The van der Waals surface area contributed by atoms with Crippen LogP contribution in [0.3, 0.4) is 0 Å². The minimum absolute atomic E-state index is 0.00306. The zero-order valence-corrected chi connectivity index (χ0v) is 14.2. The Bertz CT molecular complexity index is 1170. The van der Waals surface area contributed by atoms with Gasteiger partial charge in [0.25, 0.3) is 5.69 Å². The number of rotatable bonds is 2. The van der Waals surface area contributed by atoms with E-state index in [-0.39, 0.29) is 39.6 Å². The molecule has 0 saturated heterocycles. The highest BCUT2D eigenvalue weighted by Crippen LogP contribution is 2.44. The predicted molar refractivity (Wildman–Crippen MR) is 95.9 cm³/mol. The van der Waals surface area contributed by atoms with Crippen LogP contribution in [0.4, 0.5) is 5.69 Å². The van der Waals surface area contributed by atoms with E-state index in [0.717, 1.165) is 0 Å². The Morgan fingerprint density at radius 3 is 2.21 bits per heavy atom. The number of Topliss-reactive ketones (excluding diaryl/α,β-unsaturated/α-hetero) is 2. The van der Waals surface area contributed by atoms with Crippen molar-refractivity contribution >= 4 is 17.3 Å². The van der Waals surface area contributed by atoms with Crippen LogP contribution in [0.2, 0.25) is 0 Å². The zero-order chi connectivity index (χ0) is 20.0. The van der Waals surface area contributed by atoms with Gasteiger partial charge in [-0.1, -0.05) is 36.4 Å². The highest BCUT2D eigenvalue weighted by Gasteiger charge is 2.43. The number of fused-ring (bicyclic) bond motifs is 1. The van der Waals surface area contributed by atoms with E-state index in [1.54, 1.807) is 12.1 Å². The number of nitrogens with zero attached hydrogens (tertiary/aromatic N) is 2. The van der Waals surface area contributed by atoms with Crippen LogP contribution >= 0.6 is 0 Å². The fraction of sp³-hybridized carbons (Fsp3) is 0.0500. The minimum atomic E-state index is -0.959. The van der Waals surface area contributed by atoms with Crippen LogP contribution < -0.4 is 5.73 Å². The van der Waals surface area contributed by atoms with E-state index in [0.29, 0.717) is 5.56 Å². The third kappa shape index (κ3) is 2.38. The van der Waals surface area contributed by atoms with Gasteiger partial charge in [0.1, 0.15) is 11.6 Å². The maximum atomic E-state index is 13.2. The second-order valence-corrected chi connectivity index (χ2v) is 6.22. The van der Waals surface area contributed by atoms with Crippen molar-refractivity contribution in [3.05, 3.63) is 98.1 Å². The smallest absolute Gasteiger partial charge is 0.269 e. The number of allylic oxidation sites excluding steroid dienone is 3. The molecule has 0 spiro atoms. The van der Waals surface area contributed by atoms with Gasteiger partial charge in [-0.15, -0.1) is 0 Å². The van der Waals surface area contributed by atoms with Crippen molar-refractivity contribution in [2.75, 3.05) is 0 Å². The van der Waals surface area contributed by atoms with Crippen molar-refractivity contribution in [3.63, 3.8) is 0 Å². The van der Waals surface area contributed by atoms with Crippen molar-refractivity contribution in [1.29, 1.82) is 5.26 Å². The van der Waals surface area contributed by atoms with E-state index in [1.807, 2.05) is 6.07 Å². The molecule has 1 unspecified atom stereocenters. The standard InChI is InChI=1S/C20H11N3O5/c21-9-14-15(10-5-7-11(8-6-10)23(26)27)16-17(24)12-3-1-2-4-13(12)18(25)19(16)28-20(14)22/h1-8,15H,22H2. The summed E-state index contributed by atoms with van der Waals surface area (Å²) in [5.74, 6) is -2.40. The maximum Gasteiger partial charge on any atom is 0.269 e. The molecule has 1 atom stereocenters. The van der Waals surface area contributed by atoms with Gasteiger partial charge in [-0.3, -0.25) is 19.7 Å². The number of nitriles is 1. The zero-order valence-electron chi connectivity index (χ0n) is 14.2. The number of carbonyl (C=O) groups excluding carboxylic acids is 2.